The lowest BCUT2D eigenvalue weighted by Crippen LogP contribution is -2.22. The average Bonchev–Trinajstić information content (AvgIpc) is 3.04. The predicted molar refractivity (Wildman–Crippen MR) is 189 cm³/mol. The summed E-state index contributed by atoms with van der Waals surface area (Å²) in [6.07, 6.45) is 24.6. The van der Waals surface area contributed by atoms with Crippen molar-refractivity contribution in [1.82, 2.24) is 15.0 Å². The van der Waals surface area contributed by atoms with Crippen LogP contribution in [0.4, 0.5) is 0 Å². The smallest absolute Gasteiger partial charge is 0.163 e. The van der Waals surface area contributed by atoms with E-state index in [2.05, 4.69) is 77.1 Å². The number of unbranched alkanes of at least 4 members (excludes halogenated alkanes) is 9. The molecule has 46 heavy (non-hydrogen) atoms. The van der Waals surface area contributed by atoms with Crippen molar-refractivity contribution in [3.05, 3.63) is 82.7 Å². The van der Waals surface area contributed by atoms with E-state index in [9.17, 15) is 5.11 Å². The van der Waals surface area contributed by atoms with Crippen LogP contribution in [0, 0.1) is 19.8 Å². The molecule has 2 aliphatic rings. The Balaban J connectivity index is 1.26. The molecule has 0 radical (unpaired) electrons. The van der Waals surface area contributed by atoms with Gasteiger partial charge in [-0.05, 0) is 63.7 Å². The van der Waals surface area contributed by atoms with Gasteiger partial charge in [-0.3, -0.25) is 0 Å². The monoisotopic (exact) mass is 627 g/mol. The number of allylic oxidation sites excluding steroid dienone is 7. The number of hydrogen-bond donors (Lipinski definition) is 1. The zero-order chi connectivity index (χ0) is 32.7. The van der Waals surface area contributed by atoms with Gasteiger partial charge < -0.3 is 14.6 Å². The maximum atomic E-state index is 10.4. The minimum atomic E-state index is -0.648. The van der Waals surface area contributed by atoms with Gasteiger partial charge in [0.25, 0.3) is 0 Å². The fourth-order valence-corrected chi connectivity index (χ4v) is 6.28. The SMILES string of the molecule is CCCCCCCCCCCCOCC(O)COC1=CCC(c2nc(C3=CC=C(C)CC3C)nc(-c3ccc(C)cc3C)n2)C=C1. The molecule has 1 heterocycles. The summed E-state index contributed by atoms with van der Waals surface area (Å²) >= 11 is 0. The van der Waals surface area contributed by atoms with Crippen molar-refractivity contribution in [3.8, 4) is 11.4 Å². The summed E-state index contributed by atoms with van der Waals surface area (Å²) in [5.41, 5.74) is 5.95. The van der Waals surface area contributed by atoms with Crippen LogP contribution in [0.1, 0.15) is 127 Å². The van der Waals surface area contributed by atoms with Crippen molar-refractivity contribution in [3.63, 3.8) is 0 Å². The van der Waals surface area contributed by atoms with Gasteiger partial charge in [0.1, 0.15) is 24.3 Å². The summed E-state index contributed by atoms with van der Waals surface area (Å²) in [7, 11) is 0. The van der Waals surface area contributed by atoms with Gasteiger partial charge >= 0.3 is 0 Å². The Morgan fingerprint density at radius 1 is 0.870 bits per heavy atom. The summed E-state index contributed by atoms with van der Waals surface area (Å²) in [5, 5.41) is 10.4. The average molecular weight is 628 g/mol. The zero-order valence-corrected chi connectivity index (χ0v) is 29.1. The molecule has 1 aromatic heterocycles. The van der Waals surface area contributed by atoms with Crippen LogP contribution >= 0.6 is 0 Å². The van der Waals surface area contributed by atoms with Crippen LogP contribution in [-0.4, -0.2) is 46.0 Å². The highest BCUT2D eigenvalue weighted by Gasteiger charge is 2.23. The fourth-order valence-electron chi connectivity index (χ4n) is 6.28. The highest BCUT2D eigenvalue weighted by atomic mass is 16.5. The molecule has 3 atom stereocenters. The second-order valence-electron chi connectivity index (χ2n) is 13.4. The molecule has 0 fully saturated rings. The lowest BCUT2D eigenvalue weighted by Gasteiger charge is -2.22. The lowest BCUT2D eigenvalue weighted by molar-refractivity contribution is -0.00221. The van der Waals surface area contributed by atoms with E-state index in [1.54, 1.807) is 0 Å². The Morgan fingerprint density at radius 3 is 2.26 bits per heavy atom. The van der Waals surface area contributed by atoms with Crippen molar-refractivity contribution in [1.29, 1.82) is 0 Å². The van der Waals surface area contributed by atoms with Gasteiger partial charge in [-0.15, -0.1) is 0 Å². The van der Waals surface area contributed by atoms with Crippen LogP contribution in [0.3, 0.4) is 0 Å². The van der Waals surface area contributed by atoms with E-state index in [4.69, 9.17) is 24.4 Å². The molecule has 0 saturated heterocycles. The van der Waals surface area contributed by atoms with E-state index in [1.807, 2.05) is 6.08 Å². The van der Waals surface area contributed by atoms with Crippen molar-refractivity contribution < 1.29 is 14.6 Å². The summed E-state index contributed by atoms with van der Waals surface area (Å²) in [5.74, 6) is 3.38. The molecular weight excluding hydrogens is 570 g/mol. The zero-order valence-electron chi connectivity index (χ0n) is 29.1. The number of rotatable bonds is 19. The molecule has 2 aliphatic carbocycles. The van der Waals surface area contributed by atoms with Gasteiger partial charge in [0.15, 0.2) is 11.6 Å². The van der Waals surface area contributed by atoms with Crippen molar-refractivity contribution in [2.75, 3.05) is 19.8 Å². The third kappa shape index (κ3) is 11.3. The van der Waals surface area contributed by atoms with E-state index < -0.39 is 6.10 Å². The Kier molecular flexibility index (Phi) is 14.7. The first-order chi connectivity index (χ1) is 22.3. The van der Waals surface area contributed by atoms with Crippen LogP contribution in [0.25, 0.3) is 17.0 Å². The Morgan fingerprint density at radius 2 is 1.59 bits per heavy atom. The first-order valence-electron chi connectivity index (χ1n) is 17.8. The first kappa shape index (κ1) is 35.8. The normalized spacial score (nSPS) is 18.6. The number of aliphatic hydroxyl groups is 1. The minimum absolute atomic E-state index is 0.0182. The second-order valence-corrected chi connectivity index (χ2v) is 13.4. The molecule has 4 rings (SSSR count). The van der Waals surface area contributed by atoms with Crippen molar-refractivity contribution in [2.24, 2.45) is 5.92 Å². The van der Waals surface area contributed by atoms with Crippen LogP contribution < -0.4 is 0 Å². The van der Waals surface area contributed by atoms with Gasteiger partial charge in [-0.25, -0.2) is 15.0 Å². The molecule has 0 saturated carbocycles. The van der Waals surface area contributed by atoms with E-state index in [0.29, 0.717) is 19.1 Å². The lowest BCUT2D eigenvalue weighted by atomic mass is 9.88. The van der Waals surface area contributed by atoms with Crippen LogP contribution in [0.15, 0.2) is 59.9 Å². The third-order valence-electron chi connectivity index (χ3n) is 9.03. The van der Waals surface area contributed by atoms with Crippen molar-refractivity contribution >= 4 is 5.57 Å². The molecule has 1 N–H and O–H groups in total. The molecule has 0 amide bonds. The number of nitrogens with zero attached hydrogens (tertiary/aromatic N) is 3. The molecule has 1 aromatic carbocycles. The molecule has 6 nitrogen and oxygen atoms in total. The summed E-state index contributed by atoms with van der Waals surface area (Å²) < 4.78 is 11.6. The molecule has 0 spiro atoms. The third-order valence-corrected chi connectivity index (χ3v) is 9.03. The fraction of sp³-hybridized carbons (Fsp3) is 0.575. The van der Waals surface area contributed by atoms with Gasteiger partial charge in [0, 0.05) is 23.7 Å². The summed E-state index contributed by atoms with van der Waals surface area (Å²) in [6.45, 7) is 12.1. The second kappa shape index (κ2) is 18.9. The van der Waals surface area contributed by atoms with Gasteiger partial charge in [0.05, 0.1) is 6.61 Å². The quantitative estimate of drug-likeness (QED) is 0.156. The molecule has 250 valence electrons. The van der Waals surface area contributed by atoms with E-state index in [-0.39, 0.29) is 12.5 Å². The first-order valence-corrected chi connectivity index (χ1v) is 17.8. The Labute approximate surface area is 278 Å². The maximum absolute atomic E-state index is 10.4. The largest absolute Gasteiger partial charge is 0.491 e. The van der Waals surface area contributed by atoms with E-state index >= 15 is 0 Å². The topological polar surface area (TPSA) is 77.4 Å². The number of hydrogen-bond acceptors (Lipinski definition) is 6. The molecular formula is C40H57N3O3. The number of aryl methyl sites for hydroxylation is 2. The van der Waals surface area contributed by atoms with Crippen LogP contribution in [-0.2, 0) is 9.47 Å². The molecule has 2 aromatic rings. The van der Waals surface area contributed by atoms with Crippen molar-refractivity contribution in [2.45, 2.75) is 124 Å². The molecule has 0 aliphatic heterocycles. The van der Waals surface area contributed by atoms with Gasteiger partial charge in [-0.2, -0.15) is 0 Å². The van der Waals surface area contributed by atoms with E-state index in [1.165, 1.54) is 68.9 Å². The number of aromatic nitrogens is 3. The highest BCUT2D eigenvalue weighted by molar-refractivity contribution is 5.68. The van der Waals surface area contributed by atoms with Gasteiger partial charge in [-0.1, -0.05) is 119 Å². The number of ether oxygens (including phenoxy) is 2. The highest BCUT2D eigenvalue weighted by Crippen LogP contribution is 2.33. The Hall–Kier alpha value is -3.09. The van der Waals surface area contributed by atoms with Gasteiger partial charge in [0.2, 0.25) is 0 Å². The predicted octanol–water partition coefficient (Wildman–Crippen LogP) is 9.77. The maximum Gasteiger partial charge on any atom is 0.163 e. The number of benzene rings is 1. The standard InChI is InChI=1S/C40H57N3O3/c1-6-7-8-9-10-11-12-13-14-15-24-45-27-34(44)28-46-35-20-18-33(19-21-35)38-41-39(36-22-16-29(2)25-31(36)4)43-40(42-38)37-23-17-30(3)26-32(37)5/h16-18,20-23,25,32-34,44H,6-15,19,24,26-28H2,1-5H3. The summed E-state index contributed by atoms with van der Waals surface area (Å²) in [4.78, 5) is 15.0. The number of aliphatic hydroxyl groups excluding tert-OH is 1. The minimum Gasteiger partial charge on any atom is -0.491 e. The molecule has 3 unspecified atom stereocenters. The Bertz CT molecular complexity index is 1380. The molecule has 6 heteroatoms. The molecule has 0 bridgehead atoms. The van der Waals surface area contributed by atoms with Crippen LogP contribution in [0.2, 0.25) is 0 Å². The van der Waals surface area contributed by atoms with Crippen LogP contribution in [0.5, 0.6) is 0 Å². The summed E-state index contributed by atoms with van der Waals surface area (Å²) in [6, 6.07) is 6.41. The van der Waals surface area contributed by atoms with E-state index in [0.717, 1.165) is 59.2 Å².